The molecule has 7 heterocycles. The average molecular weight is 437 g/mol. The minimum Gasteiger partial charge on any atom is -0.456 e. The Morgan fingerprint density at radius 2 is 1.38 bits per heavy atom. The summed E-state index contributed by atoms with van der Waals surface area (Å²) in [5, 5.41) is 2.42. The van der Waals surface area contributed by atoms with E-state index in [4.69, 9.17) is 9.47 Å². The molecule has 10 rings (SSSR count). The molecule has 3 aromatic heterocycles. The zero-order valence-corrected chi connectivity index (χ0v) is 17.8. The largest absolute Gasteiger partial charge is 0.456 e. The van der Waals surface area contributed by atoms with Gasteiger partial charge in [0.05, 0.1) is 11.8 Å². The minimum atomic E-state index is -0.605. The SMILES string of the molecule is c1cc2c3c(c1)-c1cccc[n+]1C31c3c(ccc4c5cccc6c5n(c34)-c3c(ccc[n+]31)O6)O2. The predicted molar refractivity (Wildman–Crippen MR) is 125 cm³/mol. The number of pyridine rings is 2. The van der Waals surface area contributed by atoms with E-state index in [0.717, 1.165) is 34.3 Å². The molecule has 0 saturated heterocycles. The molecule has 3 aromatic carbocycles. The molecule has 0 bridgehead atoms. The maximum absolute atomic E-state index is 6.65. The fourth-order valence-electron chi connectivity index (χ4n) is 6.95. The summed E-state index contributed by atoms with van der Waals surface area (Å²) < 4.78 is 20.4. The molecule has 0 amide bonds. The first-order valence-corrected chi connectivity index (χ1v) is 11.5. The fraction of sp³-hybridized carbons (Fsp3) is 0.0345. The van der Waals surface area contributed by atoms with E-state index in [-0.39, 0.29) is 0 Å². The summed E-state index contributed by atoms with van der Waals surface area (Å²) >= 11 is 0. The van der Waals surface area contributed by atoms with Crippen molar-refractivity contribution in [3.63, 3.8) is 0 Å². The van der Waals surface area contributed by atoms with Crippen LogP contribution < -0.4 is 18.6 Å². The van der Waals surface area contributed by atoms with Gasteiger partial charge in [-0.15, -0.1) is 4.57 Å². The highest BCUT2D eigenvalue weighted by Crippen LogP contribution is 2.58. The van der Waals surface area contributed by atoms with Crippen molar-refractivity contribution < 1.29 is 18.6 Å². The van der Waals surface area contributed by atoms with E-state index < -0.39 is 5.66 Å². The molecule has 156 valence electrons. The lowest BCUT2D eigenvalue weighted by atomic mass is 9.84. The van der Waals surface area contributed by atoms with Gasteiger partial charge in [0.1, 0.15) is 17.1 Å². The van der Waals surface area contributed by atoms with E-state index in [9.17, 15) is 0 Å². The topological polar surface area (TPSA) is 31.1 Å². The van der Waals surface area contributed by atoms with Gasteiger partial charge in [0.25, 0.3) is 0 Å². The zero-order valence-electron chi connectivity index (χ0n) is 17.8. The van der Waals surface area contributed by atoms with E-state index in [1.54, 1.807) is 0 Å². The summed E-state index contributed by atoms with van der Waals surface area (Å²) in [6.45, 7) is 0. The van der Waals surface area contributed by atoms with Crippen molar-refractivity contribution in [3.8, 4) is 40.1 Å². The molecule has 0 aliphatic carbocycles. The number of rotatable bonds is 0. The molecule has 5 heteroatoms. The molecule has 4 aliphatic heterocycles. The first-order valence-electron chi connectivity index (χ1n) is 11.5. The first kappa shape index (κ1) is 16.0. The van der Waals surface area contributed by atoms with Crippen LogP contribution in [-0.2, 0) is 5.66 Å². The predicted octanol–water partition coefficient (Wildman–Crippen LogP) is 5.16. The maximum atomic E-state index is 6.65. The van der Waals surface area contributed by atoms with Crippen LogP contribution in [0.2, 0.25) is 0 Å². The third kappa shape index (κ3) is 1.38. The van der Waals surface area contributed by atoms with Gasteiger partial charge in [-0.3, -0.25) is 0 Å². The lowest BCUT2D eigenvalue weighted by molar-refractivity contribution is -0.961. The smallest absolute Gasteiger partial charge is 0.375 e. The number of nitrogens with zero attached hydrogens (tertiary/aromatic N) is 3. The lowest BCUT2D eigenvalue weighted by Crippen LogP contribution is -2.75. The highest BCUT2D eigenvalue weighted by atomic mass is 16.5. The van der Waals surface area contributed by atoms with Gasteiger partial charge in [0.15, 0.2) is 28.5 Å². The summed E-state index contributed by atoms with van der Waals surface area (Å²) in [6.07, 6.45) is 4.39. The lowest BCUT2D eigenvalue weighted by Gasteiger charge is -2.35. The van der Waals surface area contributed by atoms with Crippen LogP contribution in [0.1, 0.15) is 11.1 Å². The Hall–Kier alpha value is -4.64. The number of hydrogen-bond donors (Lipinski definition) is 0. The molecule has 34 heavy (non-hydrogen) atoms. The molecule has 4 aliphatic rings. The molecular formula is C29H15N3O2+2. The second kappa shape index (κ2) is 4.82. The van der Waals surface area contributed by atoms with E-state index in [1.807, 2.05) is 0 Å². The maximum Gasteiger partial charge on any atom is 0.375 e. The molecule has 0 N–H and O–H groups in total. The number of aromatic nitrogens is 3. The van der Waals surface area contributed by atoms with Gasteiger partial charge < -0.3 is 9.47 Å². The Labute approximate surface area is 193 Å². The van der Waals surface area contributed by atoms with Crippen molar-refractivity contribution in [3.05, 3.63) is 102 Å². The van der Waals surface area contributed by atoms with Crippen LogP contribution in [0.25, 0.3) is 38.9 Å². The van der Waals surface area contributed by atoms with Crippen molar-refractivity contribution in [1.29, 1.82) is 0 Å². The van der Waals surface area contributed by atoms with Crippen molar-refractivity contribution in [2.75, 3.05) is 0 Å². The van der Waals surface area contributed by atoms with E-state index >= 15 is 0 Å². The standard InChI is InChI=1S/C29H15N3O2/c1-2-14-30-19(8-1)18-7-4-9-20-24(18)29(30)25-21(33-20)13-12-17-16-6-3-10-22-26(16)32(27(17)25)28-23(34-22)11-5-15-31(28)29/h1-15H/q+2. The molecule has 1 unspecified atom stereocenters. The van der Waals surface area contributed by atoms with E-state index in [0.29, 0.717) is 0 Å². The Morgan fingerprint density at radius 3 is 2.38 bits per heavy atom. The van der Waals surface area contributed by atoms with Crippen LogP contribution in [0.4, 0.5) is 0 Å². The number of hydrogen-bond acceptors (Lipinski definition) is 2. The van der Waals surface area contributed by atoms with E-state index in [1.165, 1.54) is 38.7 Å². The van der Waals surface area contributed by atoms with Crippen molar-refractivity contribution >= 4 is 21.8 Å². The van der Waals surface area contributed by atoms with Crippen LogP contribution >= 0.6 is 0 Å². The summed E-state index contributed by atoms with van der Waals surface area (Å²) in [5.41, 5.74) is 6.45. The summed E-state index contributed by atoms with van der Waals surface area (Å²) in [4.78, 5) is 0. The summed E-state index contributed by atoms with van der Waals surface area (Å²) in [7, 11) is 0. The Kier molecular flexibility index (Phi) is 2.28. The molecule has 5 nitrogen and oxygen atoms in total. The van der Waals surface area contributed by atoms with Gasteiger partial charge in [0, 0.05) is 22.9 Å². The van der Waals surface area contributed by atoms with Crippen molar-refractivity contribution in [1.82, 2.24) is 4.57 Å². The molecular weight excluding hydrogens is 422 g/mol. The number of fused-ring (bicyclic) bond motifs is 3. The third-order valence-corrected chi connectivity index (χ3v) is 8.02. The monoisotopic (exact) mass is 437 g/mol. The minimum absolute atomic E-state index is 0.605. The molecule has 1 atom stereocenters. The molecule has 0 saturated carbocycles. The number of benzene rings is 3. The summed E-state index contributed by atoms with van der Waals surface area (Å²) in [6, 6.07) is 27.7. The zero-order chi connectivity index (χ0) is 21.8. The van der Waals surface area contributed by atoms with Crippen molar-refractivity contribution in [2.24, 2.45) is 0 Å². The van der Waals surface area contributed by atoms with Gasteiger partial charge in [0.2, 0.25) is 11.4 Å². The van der Waals surface area contributed by atoms with Gasteiger partial charge in [-0.05, 0) is 54.6 Å². The van der Waals surface area contributed by atoms with Crippen LogP contribution in [0.15, 0.2) is 91.3 Å². The van der Waals surface area contributed by atoms with E-state index in [2.05, 4.69) is 105 Å². The molecule has 6 aromatic rings. The van der Waals surface area contributed by atoms with Crippen LogP contribution in [0.3, 0.4) is 0 Å². The van der Waals surface area contributed by atoms with Crippen LogP contribution in [0.5, 0.6) is 23.0 Å². The van der Waals surface area contributed by atoms with Crippen molar-refractivity contribution in [2.45, 2.75) is 5.66 Å². The Bertz CT molecular complexity index is 1990. The number of para-hydroxylation sites is 1. The third-order valence-electron chi connectivity index (χ3n) is 8.02. The van der Waals surface area contributed by atoms with Crippen LogP contribution in [0, 0.1) is 0 Å². The molecule has 0 radical (unpaired) electrons. The quantitative estimate of drug-likeness (QED) is 0.307. The average Bonchev–Trinajstić information content (AvgIpc) is 3.38. The van der Waals surface area contributed by atoms with Gasteiger partial charge in [-0.2, -0.15) is 9.13 Å². The second-order valence-corrected chi connectivity index (χ2v) is 9.40. The van der Waals surface area contributed by atoms with Crippen LogP contribution in [-0.4, -0.2) is 4.57 Å². The molecule has 1 spiro atoms. The van der Waals surface area contributed by atoms with Gasteiger partial charge in [-0.1, -0.05) is 12.1 Å². The molecule has 0 fully saturated rings. The van der Waals surface area contributed by atoms with Gasteiger partial charge in [-0.25, -0.2) is 0 Å². The summed E-state index contributed by atoms with van der Waals surface area (Å²) in [5.74, 6) is 4.61. The number of ether oxygens (including phenoxy) is 2. The first-order chi connectivity index (χ1) is 16.9. The Morgan fingerprint density at radius 1 is 0.588 bits per heavy atom. The Balaban J connectivity index is 1.59. The highest BCUT2D eigenvalue weighted by molar-refractivity contribution is 6.14. The highest BCUT2D eigenvalue weighted by Gasteiger charge is 2.68. The fourth-order valence-corrected chi connectivity index (χ4v) is 6.95. The normalized spacial score (nSPS) is 18.6. The second-order valence-electron chi connectivity index (χ2n) is 9.40. The van der Waals surface area contributed by atoms with Gasteiger partial charge >= 0.3 is 11.5 Å².